The van der Waals surface area contributed by atoms with Crippen LogP contribution in [-0.4, -0.2) is 33.2 Å². The molecule has 0 saturated carbocycles. The van der Waals surface area contributed by atoms with Gasteiger partial charge in [0.05, 0.1) is 29.0 Å². The molecule has 2 N–H and O–H groups in total. The fourth-order valence-electron chi connectivity index (χ4n) is 1.52. The molecule has 0 spiro atoms. The van der Waals surface area contributed by atoms with Gasteiger partial charge in [-0.1, -0.05) is 11.6 Å². The van der Waals surface area contributed by atoms with Crippen molar-refractivity contribution in [3.05, 3.63) is 41.9 Å². The molecule has 1 heterocycles. The fourth-order valence-corrected chi connectivity index (χ4v) is 1.91. The predicted molar refractivity (Wildman–Crippen MR) is 73.8 cm³/mol. The summed E-state index contributed by atoms with van der Waals surface area (Å²) >= 11 is 11.7. The Labute approximate surface area is 115 Å². The number of nitrogens with one attached hydrogen (secondary N) is 1. The van der Waals surface area contributed by atoms with Crippen LogP contribution in [0.2, 0.25) is 5.02 Å². The van der Waals surface area contributed by atoms with Crippen molar-refractivity contribution in [2.45, 2.75) is 6.10 Å². The normalized spacial score (nSPS) is 12.4. The molecular formula is C12H13Cl2N3O. The van der Waals surface area contributed by atoms with E-state index < -0.39 is 6.10 Å². The minimum Gasteiger partial charge on any atom is -0.390 e. The van der Waals surface area contributed by atoms with Crippen LogP contribution in [0, 0.1) is 0 Å². The highest BCUT2D eigenvalue weighted by molar-refractivity contribution is 6.32. The number of halogens is 2. The smallest absolute Gasteiger partial charge is 0.0992 e. The monoisotopic (exact) mass is 285 g/mol. The number of nitrogens with zero attached hydrogens (tertiary/aromatic N) is 2. The van der Waals surface area contributed by atoms with Gasteiger partial charge in [0.1, 0.15) is 0 Å². The zero-order valence-electron chi connectivity index (χ0n) is 9.55. The van der Waals surface area contributed by atoms with Crippen molar-refractivity contribution in [2.24, 2.45) is 0 Å². The summed E-state index contributed by atoms with van der Waals surface area (Å²) in [7, 11) is 0. The van der Waals surface area contributed by atoms with Gasteiger partial charge in [-0.05, 0) is 18.2 Å². The van der Waals surface area contributed by atoms with Crippen molar-refractivity contribution in [1.82, 2.24) is 9.55 Å². The van der Waals surface area contributed by atoms with Gasteiger partial charge in [-0.25, -0.2) is 4.98 Å². The van der Waals surface area contributed by atoms with Gasteiger partial charge in [-0.3, -0.25) is 0 Å². The van der Waals surface area contributed by atoms with Crippen LogP contribution in [0.5, 0.6) is 0 Å². The molecule has 1 aromatic heterocycles. The number of aliphatic hydroxyl groups excluding tert-OH is 1. The second kappa shape index (κ2) is 6.09. The van der Waals surface area contributed by atoms with Gasteiger partial charge in [0.25, 0.3) is 0 Å². The summed E-state index contributed by atoms with van der Waals surface area (Å²) in [5.41, 5.74) is 1.70. The number of anilines is 1. The highest BCUT2D eigenvalue weighted by Crippen LogP contribution is 2.24. The van der Waals surface area contributed by atoms with Crippen molar-refractivity contribution in [3.8, 4) is 5.69 Å². The number of imidazole rings is 1. The molecule has 18 heavy (non-hydrogen) atoms. The van der Waals surface area contributed by atoms with Crippen LogP contribution in [0.4, 0.5) is 5.69 Å². The number of alkyl halides is 1. The number of benzene rings is 1. The zero-order valence-corrected chi connectivity index (χ0v) is 11.1. The third kappa shape index (κ3) is 3.16. The lowest BCUT2D eigenvalue weighted by atomic mass is 10.2. The molecule has 0 radical (unpaired) electrons. The summed E-state index contributed by atoms with van der Waals surface area (Å²) in [6.45, 7) is 0.393. The summed E-state index contributed by atoms with van der Waals surface area (Å²) in [6, 6.07) is 5.58. The molecule has 1 atom stereocenters. The van der Waals surface area contributed by atoms with E-state index >= 15 is 0 Å². The Hall–Kier alpha value is -1.23. The van der Waals surface area contributed by atoms with Crippen LogP contribution < -0.4 is 5.32 Å². The number of hydrogen-bond acceptors (Lipinski definition) is 3. The Morgan fingerprint density at radius 1 is 1.44 bits per heavy atom. The molecule has 0 saturated heterocycles. The van der Waals surface area contributed by atoms with Gasteiger partial charge in [0.2, 0.25) is 0 Å². The first-order valence-corrected chi connectivity index (χ1v) is 6.37. The van der Waals surface area contributed by atoms with Crippen LogP contribution in [0.15, 0.2) is 36.9 Å². The van der Waals surface area contributed by atoms with Crippen molar-refractivity contribution in [3.63, 3.8) is 0 Å². The van der Waals surface area contributed by atoms with Crippen molar-refractivity contribution >= 4 is 28.9 Å². The summed E-state index contributed by atoms with van der Waals surface area (Å²) in [4.78, 5) is 3.97. The third-order valence-corrected chi connectivity index (χ3v) is 3.11. The summed E-state index contributed by atoms with van der Waals surface area (Å²) in [5, 5.41) is 13.0. The molecule has 1 unspecified atom stereocenters. The van der Waals surface area contributed by atoms with Crippen molar-refractivity contribution < 1.29 is 5.11 Å². The standard InChI is InChI=1S/C12H13Cl2N3O/c13-6-10(18)7-16-9-1-2-12(11(14)5-9)17-4-3-15-8-17/h1-5,8,10,16,18H,6-7H2. The second-order valence-electron chi connectivity index (χ2n) is 3.83. The average Bonchev–Trinajstić information content (AvgIpc) is 2.89. The van der Waals surface area contributed by atoms with Crippen LogP contribution in [0.3, 0.4) is 0 Å². The van der Waals surface area contributed by atoms with E-state index in [1.807, 2.05) is 22.9 Å². The van der Waals surface area contributed by atoms with Gasteiger partial charge in [-0.2, -0.15) is 0 Å². The fraction of sp³-hybridized carbons (Fsp3) is 0.250. The maximum absolute atomic E-state index is 9.35. The number of aliphatic hydroxyl groups is 1. The summed E-state index contributed by atoms with van der Waals surface area (Å²) in [6.07, 6.45) is 4.63. The Kier molecular flexibility index (Phi) is 4.47. The predicted octanol–water partition coefficient (Wildman–Crippen LogP) is 2.54. The molecule has 2 rings (SSSR count). The molecule has 96 valence electrons. The molecule has 0 bridgehead atoms. The first-order valence-electron chi connectivity index (χ1n) is 5.46. The molecular weight excluding hydrogens is 273 g/mol. The van der Waals surface area contributed by atoms with E-state index in [2.05, 4.69) is 10.3 Å². The molecule has 1 aromatic carbocycles. The maximum atomic E-state index is 9.35. The van der Waals surface area contributed by atoms with Crippen molar-refractivity contribution in [2.75, 3.05) is 17.7 Å². The Bertz CT molecular complexity index is 502. The van der Waals surface area contributed by atoms with E-state index in [1.54, 1.807) is 18.6 Å². The number of aromatic nitrogens is 2. The van der Waals surface area contributed by atoms with E-state index in [9.17, 15) is 5.11 Å². The molecule has 4 nitrogen and oxygen atoms in total. The minimum absolute atomic E-state index is 0.202. The zero-order chi connectivity index (χ0) is 13.0. The van der Waals surface area contributed by atoms with Gasteiger partial charge >= 0.3 is 0 Å². The maximum Gasteiger partial charge on any atom is 0.0992 e. The topological polar surface area (TPSA) is 50.1 Å². The van der Waals surface area contributed by atoms with Gasteiger partial charge in [-0.15, -0.1) is 11.6 Å². The number of hydrogen-bond donors (Lipinski definition) is 2. The second-order valence-corrected chi connectivity index (χ2v) is 4.54. The van der Waals surface area contributed by atoms with Crippen LogP contribution in [-0.2, 0) is 0 Å². The lowest BCUT2D eigenvalue weighted by Gasteiger charge is -2.12. The lowest BCUT2D eigenvalue weighted by Crippen LogP contribution is -2.20. The molecule has 0 fully saturated rings. The van der Waals surface area contributed by atoms with Crippen LogP contribution >= 0.6 is 23.2 Å². The average molecular weight is 286 g/mol. The molecule has 0 aliphatic rings. The molecule has 0 amide bonds. The largest absolute Gasteiger partial charge is 0.390 e. The first kappa shape index (κ1) is 13.2. The van der Waals surface area contributed by atoms with E-state index in [-0.39, 0.29) is 5.88 Å². The minimum atomic E-state index is -0.571. The van der Waals surface area contributed by atoms with E-state index in [4.69, 9.17) is 23.2 Å². The molecule has 0 aliphatic heterocycles. The SMILES string of the molecule is OC(CCl)CNc1ccc(-n2ccnc2)c(Cl)c1. The van der Waals surface area contributed by atoms with Crippen LogP contribution in [0.1, 0.15) is 0 Å². The summed E-state index contributed by atoms with van der Waals surface area (Å²) < 4.78 is 1.83. The third-order valence-electron chi connectivity index (χ3n) is 2.45. The van der Waals surface area contributed by atoms with E-state index in [0.717, 1.165) is 11.4 Å². The van der Waals surface area contributed by atoms with Gasteiger partial charge in [0.15, 0.2) is 0 Å². The van der Waals surface area contributed by atoms with Crippen LogP contribution in [0.25, 0.3) is 5.69 Å². The highest BCUT2D eigenvalue weighted by Gasteiger charge is 2.05. The lowest BCUT2D eigenvalue weighted by molar-refractivity contribution is 0.211. The van der Waals surface area contributed by atoms with Gasteiger partial charge in [0, 0.05) is 24.6 Å². The first-order chi connectivity index (χ1) is 8.70. The summed E-state index contributed by atoms with van der Waals surface area (Å²) in [5.74, 6) is 0.202. The number of rotatable bonds is 5. The quantitative estimate of drug-likeness (QED) is 0.830. The Balaban J connectivity index is 2.10. The Morgan fingerprint density at radius 2 is 2.28 bits per heavy atom. The van der Waals surface area contributed by atoms with E-state index in [1.165, 1.54) is 0 Å². The van der Waals surface area contributed by atoms with Crippen molar-refractivity contribution in [1.29, 1.82) is 0 Å². The highest BCUT2D eigenvalue weighted by atomic mass is 35.5. The molecule has 0 aliphatic carbocycles. The van der Waals surface area contributed by atoms with Gasteiger partial charge < -0.3 is 15.0 Å². The van der Waals surface area contributed by atoms with E-state index in [0.29, 0.717) is 11.6 Å². The molecule has 6 heteroatoms. The Morgan fingerprint density at radius 3 is 2.89 bits per heavy atom. The molecule has 2 aromatic rings.